The van der Waals surface area contributed by atoms with Gasteiger partial charge in [0.05, 0.1) is 4.90 Å². The minimum Gasteiger partial charge on any atom is -0.398 e. The van der Waals surface area contributed by atoms with Crippen LogP contribution in [0.15, 0.2) is 21.5 Å². The van der Waals surface area contributed by atoms with E-state index in [4.69, 9.17) is 5.73 Å². The lowest BCUT2D eigenvalue weighted by Gasteiger charge is -2.14. The quantitative estimate of drug-likeness (QED) is 0.831. The summed E-state index contributed by atoms with van der Waals surface area (Å²) in [5.74, 6) is 0. The second-order valence-corrected chi connectivity index (χ2v) is 7.90. The SMILES string of the molecule is Cc1c(N)cc(Br)cc1S(=O)(=O)NCC1(C)CC1. The van der Waals surface area contributed by atoms with Crippen molar-refractivity contribution in [2.24, 2.45) is 5.41 Å². The minimum atomic E-state index is -3.49. The summed E-state index contributed by atoms with van der Waals surface area (Å²) in [5, 5.41) is 0. The molecular formula is C12H17BrN2O2S. The molecule has 1 aliphatic rings. The van der Waals surface area contributed by atoms with E-state index >= 15 is 0 Å². The summed E-state index contributed by atoms with van der Waals surface area (Å²) in [6.07, 6.45) is 2.16. The maximum Gasteiger partial charge on any atom is 0.240 e. The molecule has 2 rings (SSSR count). The highest BCUT2D eigenvalue weighted by atomic mass is 79.9. The van der Waals surface area contributed by atoms with Crippen molar-refractivity contribution >= 4 is 31.6 Å². The number of nitrogens with one attached hydrogen (secondary N) is 1. The molecule has 18 heavy (non-hydrogen) atoms. The first kappa shape index (κ1) is 13.8. The third-order valence-electron chi connectivity index (χ3n) is 3.45. The van der Waals surface area contributed by atoms with Crippen molar-refractivity contribution < 1.29 is 8.42 Å². The molecular weight excluding hydrogens is 316 g/mol. The number of hydrogen-bond donors (Lipinski definition) is 2. The van der Waals surface area contributed by atoms with Gasteiger partial charge in [0.15, 0.2) is 0 Å². The first-order valence-corrected chi connectivity index (χ1v) is 8.06. The molecule has 0 saturated heterocycles. The number of rotatable bonds is 4. The fourth-order valence-corrected chi connectivity index (χ4v) is 3.81. The second-order valence-electron chi connectivity index (χ2n) is 5.25. The van der Waals surface area contributed by atoms with Gasteiger partial charge in [-0.25, -0.2) is 13.1 Å². The van der Waals surface area contributed by atoms with Crippen LogP contribution in [-0.2, 0) is 10.0 Å². The van der Waals surface area contributed by atoms with E-state index in [-0.39, 0.29) is 10.3 Å². The molecule has 1 aromatic rings. The van der Waals surface area contributed by atoms with Crippen molar-refractivity contribution in [2.75, 3.05) is 12.3 Å². The molecule has 0 amide bonds. The normalized spacial score (nSPS) is 17.7. The number of hydrogen-bond acceptors (Lipinski definition) is 3. The minimum absolute atomic E-state index is 0.137. The van der Waals surface area contributed by atoms with Gasteiger partial charge in [0.25, 0.3) is 0 Å². The van der Waals surface area contributed by atoms with Gasteiger partial charge in [-0.2, -0.15) is 0 Å². The Morgan fingerprint density at radius 2 is 2.06 bits per heavy atom. The standard InChI is InChI=1S/C12H17BrN2O2S/c1-8-10(14)5-9(13)6-11(8)18(16,17)15-7-12(2)3-4-12/h5-6,15H,3-4,7,14H2,1-2H3. The van der Waals surface area contributed by atoms with Gasteiger partial charge in [-0.15, -0.1) is 0 Å². The van der Waals surface area contributed by atoms with E-state index in [9.17, 15) is 8.42 Å². The first-order chi connectivity index (χ1) is 8.23. The molecule has 1 aromatic carbocycles. The molecule has 6 heteroatoms. The van der Waals surface area contributed by atoms with Crippen molar-refractivity contribution in [2.45, 2.75) is 31.6 Å². The largest absolute Gasteiger partial charge is 0.398 e. The Labute approximate surface area is 116 Å². The van der Waals surface area contributed by atoms with Crippen LogP contribution < -0.4 is 10.5 Å². The Balaban J connectivity index is 2.29. The van der Waals surface area contributed by atoms with E-state index in [1.807, 2.05) is 0 Å². The predicted octanol–water partition coefficient (Wildman–Crippen LogP) is 2.42. The molecule has 0 bridgehead atoms. The molecule has 4 nitrogen and oxygen atoms in total. The molecule has 3 N–H and O–H groups in total. The fraction of sp³-hybridized carbons (Fsp3) is 0.500. The fourth-order valence-electron chi connectivity index (χ4n) is 1.69. The molecule has 0 aromatic heterocycles. The van der Waals surface area contributed by atoms with Crippen LogP contribution in [0.3, 0.4) is 0 Å². The zero-order valence-electron chi connectivity index (χ0n) is 10.5. The Morgan fingerprint density at radius 1 is 1.44 bits per heavy atom. The van der Waals surface area contributed by atoms with Crippen LogP contribution in [0, 0.1) is 12.3 Å². The van der Waals surface area contributed by atoms with Crippen LogP contribution in [0.4, 0.5) is 5.69 Å². The van der Waals surface area contributed by atoms with Gasteiger partial charge in [-0.05, 0) is 42.9 Å². The van der Waals surface area contributed by atoms with Crippen molar-refractivity contribution in [1.29, 1.82) is 0 Å². The van der Waals surface area contributed by atoms with Crippen LogP contribution in [0.25, 0.3) is 0 Å². The van der Waals surface area contributed by atoms with E-state index in [0.717, 1.165) is 12.8 Å². The lowest BCUT2D eigenvalue weighted by Crippen LogP contribution is -2.29. The van der Waals surface area contributed by atoms with E-state index in [0.29, 0.717) is 22.3 Å². The Morgan fingerprint density at radius 3 is 2.61 bits per heavy atom. The Bertz CT molecular complexity index is 580. The Kier molecular flexibility index (Phi) is 3.46. The first-order valence-electron chi connectivity index (χ1n) is 5.79. The zero-order chi connectivity index (χ0) is 13.6. The highest BCUT2D eigenvalue weighted by molar-refractivity contribution is 9.10. The van der Waals surface area contributed by atoms with Crippen LogP contribution in [0.2, 0.25) is 0 Å². The van der Waals surface area contributed by atoms with E-state index in [1.165, 1.54) is 0 Å². The maximum atomic E-state index is 12.2. The van der Waals surface area contributed by atoms with Gasteiger partial charge in [-0.3, -0.25) is 0 Å². The molecule has 1 fully saturated rings. The van der Waals surface area contributed by atoms with E-state index < -0.39 is 10.0 Å². The molecule has 1 saturated carbocycles. The number of anilines is 1. The lowest BCUT2D eigenvalue weighted by atomic mass is 10.2. The molecule has 0 aliphatic heterocycles. The maximum absolute atomic E-state index is 12.2. The van der Waals surface area contributed by atoms with Gasteiger partial charge in [0.2, 0.25) is 10.0 Å². The summed E-state index contributed by atoms with van der Waals surface area (Å²) in [5.41, 5.74) is 6.99. The van der Waals surface area contributed by atoms with Gasteiger partial charge < -0.3 is 5.73 Å². The smallest absolute Gasteiger partial charge is 0.240 e. The molecule has 0 atom stereocenters. The average Bonchev–Trinajstić information content (AvgIpc) is 3.00. The van der Waals surface area contributed by atoms with Gasteiger partial charge in [0, 0.05) is 16.7 Å². The highest BCUT2D eigenvalue weighted by Crippen LogP contribution is 2.44. The summed E-state index contributed by atoms with van der Waals surface area (Å²) in [6, 6.07) is 3.29. The summed E-state index contributed by atoms with van der Waals surface area (Å²) in [6.45, 7) is 4.29. The highest BCUT2D eigenvalue weighted by Gasteiger charge is 2.38. The van der Waals surface area contributed by atoms with E-state index in [2.05, 4.69) is 27.6 Å². The predicted molar refractivity (Wildman–Crippen MR) is 75.8 cm³/mol. The summed E-state index contributed by atoms with van der Waals surface area (Å²) in [7, 11) is -3.49. The van der Waals surface area contributed by atoms with Gasteiger partial charge in [-0.1, -0.05) is 22.9 Å². The molecule has 100 valence electrons. The zero-order valence-corrected chi connectivity index (χ0v) is 12.9. The number of sulfonamides is 1. The number of halogens is 1. The van der Waals surface area contributed by atoms with E-state index in [1.54, 1.807) is 19.1 Å². The van der Waals surface area contributed by atoms with Crippen LogP contribution in [0.5, 0.6) is 0 Å². The average molecular weight is 333 g/mol. The molecule has 0 heterocycles. The third-order valence-corrected chi connectivity index (χ3v) is 5.43. The number of benzene rings is 1. The second kappa shape index (κ2) is 4.51. The van der Waals surface area contributed by atoms with Gasteiger partial charge >= 0.3 is 0 Å². The summed E-state index contributed by atoms with van der Waals surface area (Å²) >= 11 is 3.27. The van der Waals surface area contributed by atoms with Gasteiger partial charge in [0.1, 0.15) is 0 Å². The monoisotopic (exact) mass is 332 g/mol. The van der Waals surface area contributed by atoms with Crippen molar-refractivity contribution in [3.8, 4) is 0 Å². The van der Waals surface area contributed by atoms with Crippen LogP contribution in [0.1, 0.15) is 25.3 Å². The molecule has 0 radical (unpaired) electrons. The summed E-state index contributed by atoms with van der Waals surface area (Å²) in [4.78, 5) is 0.249. The number of nitrogens with two attached hydrogens (primary N) is 1. The number of nitrogen functional groups attached to an aromatic ring is 1. The van der Waals surface area contributed by atoms with Crippen molar-refractivity contribution in [3.05, 3.63) is 22.2 Å². The lowest BCUT2D eigenvalue weighted by molar-refractivity contribution is 0.530. The van der Waals surface area contributed by atoms with Crippen LogP contribution >= 0.6 is 15.9 Å². The van der Waals surface area contributed by atoms with Crippen molar-refractivity contribution in [3.63, 3.8) is 0 Å². The molecule has 0 unspecified atom stereocenters. The molecule has 1 aliphatic carbocycles. The Hall–Kier alpha value is -0.590. The van der Waals surface area contributed by atoms with Crippen LogP contribution in [-0.4, -0.2) is 15.0 Å². The molecule has 0 spiro atoms. The third kappa shape index (κ3) is 2.87. The van der Waals surface area contributed by atoms with Crippen molar-refractivity contribution in [1.82, 2.24) is 4.72 Å². The summed E-state index contributed by atoms with van der Waals surface area (Å²) < 4.78 is 27.8. The topological polar surface area (TPSA) is 72.2 Å².